The van der Waals surface area contributed by atoms with Gasteiger partial charge in [-0.3, -0.25) is 0 Å². The predicted molar refractivity (Wildman–Crippen MR) is 105 cm³/mol. The van der Waals surface area contributed by atoms with E-state index in [1.165, 1.54) is 15.2 Å². The molecule has 4 rings (SSSR count). The van der Waals surface area contributed by atoms with Crippen LogP contribution in [-0.4, -0.2) is 33.5 Å². The van der Waals surface area contributed by atoms with Crippen LogP contribution in [0.1, 0.15) is 13.8 Å². The van der Waals surface area contributed by atoms with Gasteiger partial charge in [-0.1, -0.05) is 0 Å². The molecule has 0 saturated heterocycles. The molecule has 26 heavy (non-hydrogen) atoms. The average molecular weight is 452 g/mol. The molecule has 2 aliphatic carbocycles. The topological polar surface area (TPSA) is 21.6 Å². The molecular formula is C22H23FeNOSe+2. The molecule has 1 heterocycles. The zero-order valence-electron chi connectivity index (χ0n) is 15.0. The smallest absolute Gasteiger partial charge is 0.0312 e. The first-order valence-electron chi connectivity index (χ1n) is 8.60. The molecule has 0 spiro atoms. The molecule has 1 aromatic carbocycles. The number of aliphatic imine (C=N–C) groups is 1. The van der Waals surface area contributed by atoms with E-state index in [0.717, 1.165) is 12.5 Å². The van der Waals surface area contributed by atoms with Crippen LogP contribution in [0.3, 0.4) is 0 Å². The zero-order chi connectivity index (χ0) is 17.5. The molecule has 2 fully saturated rings. The molecule has 0 bridgehead atoms. The summed E-state index contributed by atoms with van der Waals surface area (Å²) in [5.41, 5.74) is 0. The van der Waals surface area contributed by atoms with E-state index in [1.54, 1.807) is 0 Å². The standard InChI is InChI=1S/C17H18NOSe.C5H5.Fe/c1-12(2)15-11-19-17(18-15)14-9-6-10-16(14)20-13-7-4-3-5-8-13;1-2-4-5-3-1;/h3-10,12,15H,11H2,1-2H3;1-5H;/q;;+2/t15-;;/m1../s1. The zero-order valence-corrected chi connectivity index (χ0v) is 17.8. The molecule has 4 heteroatoms. The van der Waals surface area contributed by atoms with Gasteiger partial charge in [0.2, 0.25) is 0 Å². The van der Waals surface area contributed by atoms with Crippen LogP contribution in [0.2, 0.25) is 0 Å². The summed E-state index contributed by atoms with van der Waals surface area (Å²) in [5, 5.41) is 0. The van der Waals surface area contributed by atoms with Gasteiger partial charge in [-0.2, -0.15) is 0 Å². The van der Waals surface area contributed by atoms with Crippen LogP contribution >= 0.6 is 0 Å². The molecule has 0 aromatic heterocycles. The van der Waals surface area contributed by atoms with Gasteiger partial charge in [0, 0.05) is 0 Å². The first-order chi connectivity index (χ1) is 12.2. The number of ether oxygens (including phenoxy) is 1. The Kier molecular flexibility index (Phi) is 9.78. The number of hydrogen-bond donors (Lipinski definition) is 0. The van der Waals surface area contributed by atoms with Crippen molar-refractivity contribution in [1.29, 1.82) is 0 Å². The molecule has 2 nitrogen and oxygen atoms in total. The summed E-state index contributed by atoms with van der Waals surface area (Å²) in [5.74, 6) is 2.55. The fourth-order valence-corrected chi connectivity index (χ4v) is 4.50. The van der Waals surface area contributed by atoms with E-state index >= 15 is 0 Å². The van der Waals surface area contributed by atoms with Crippen LogP contribution in [0.25, 0.3) is 0 Å². The van der Waals surface area contributed by atoms with Gasteiger partial charge in [-0.25, -0.2) is 0 Å². The summed E-state index contributed by atoms with van der Waals surface area (Å²) < 4.78 is 7.19. The summed E-state index contributed by atoms with van der Waals surface area (Å²) in [6, 6.07) is 10.9. The van der Waals surface area contributed by atoms with Gasteiger partial charge < -0.3 is 0 Å². The Bertz CT molecular complexity index is 537. The summed E-state index contributed by atoms with van der Waals surface area (Å²) in [6.07, 6.45) is 16.4. The molecule has 10 radical (unpaired) electrons. The van der Waals surface area contributed by atoms with Crippen LogP contribution in [0.15, 0.2) is 35.3 Å². The largest absolute Gasteiger partial charge is 2.00 e. The van der Waals surface area contributed by atoms with Crippen molar-refractivity contribution in [2.75, 3.05) is 6.61 Å². The van der Waals surface area contributed by atoms with Gasteiger partial charge in [-0.05, 0) is 32.1 Å². The van der Waals surface area contributed by atoms with Crippen LogP contribution in [0.4, 0.5) is 0 Å². The maximum Gasteiger partial charge on any atom is 2.00 e. The minimum absolute atomic E-state index is 0. The fraction of sp³-hybridized carbons (Fsp3) is 0.227. The van der Waals surface area contributed by atoms with Crippen molar-refractivity contribution in [1.82, 2.24) is 0 Å². The van der Waals surface area contributed by atoms with Crippen LogP contribution in [0.5, 0.6) is 0 Å². The molecule has 0 unspecified atom stereocenters. The van der Waals surface area contributed by atoms with Crippen molar-refractivity contribution in [3.63, 3.8) is 0 Å². The van der Waals surface area contributed by atoms with E-state index < -0.39 is 0 Å². The third-order valence-corrected chi connectivity index (χ3v) is 6.25. The van der Waals surface area contributed by atoms with E-state index in [9.17, 15) is 0 Å². The summed E-state index contributed by atoms with van der Waals surface area (Å²) in [4.78, 5) is 6.09. The van der Waals surface area contributed by atoms with Crippen LogP contribution < -0.4 is 4.46 Å². The van der Waals surface area contributed by atoms with E-state index in [0.29, 0.717) is 26.9 Å². The Morgan fingerprint density at radius 3 is 2.19 bits per heavy atom. The summed E-state index contributed by atoms with van der Waals surface area (Å²) >= 11 is 0.307. The van der Waals surface area contributed by atoms with Crippen molar-refractivity contribution >= 4 is 25.3 Å². The van der Waals surface area contributed by atoms with Gasteiger partial charge in [0.05, 0.1) is 0 Å². The van der Waals surface area contributed by atoms with Gasteiger partial charge in [-0.15, -0.1) is 0 Å². The SMILES string of the molecule is CC(C)[C@H]1COC([C]2[CH][CH][CH][C]2[Se]c2ccccc2)=N1.[CH]1[CH][CH][CH][CH]1.[Fe+2]. The van der Waals surface area contributed by atoms with Crippen LogP contribution in [-0.2, 0) is 21.8 Å². The molecule has 0 amide bonds. The molecule has 134 valence electrons. The normalized spacial score (nSPS) is 23.2. The van der Waals surface area contributed by atoms with Crippen molar-refractivity contribution < 1.29 is 21.8 Å². The van der Waals surface area contributed by atoms with Crippen molar-refractivity contribution in [3.8, 4) is 0 Å². The molecule has 1 aliphatic heterocycles. The first kappa shape index (κ1) is 22.0. The third kappa shape index (κ3) is 6.41. The minimum Gasteiger partial charge on any atom is -0.0312 e. The molecule has 1 aromatic rings. The minimum atomic E-state index is 0. The van der Waals surface area contributed by atoms with Gasteiger partial charge in [0.25, 0.3) is 0 Å². The monoisotopic (exact) mass is 453 g/mol. The van der Waals surface area contributed by atoms with Crippen LogP contribution in [0, 0.1) is 68.0 Å². The average Bonchev–Trinajstić information content (AvgIpc) is 3.38. The number of hydrogen-bond acceptors (Lipinski definition) is 2. The third-order valence-electron chi connectivity index (χ3n) is 3.98. The van der Waals surface area contributed by atoms with Crippen molar-refractivity contribution in [3.05, 3.63) is 92.4 Å². The van der Waals surface area contributed by atoms with Gasteiger partial charge >= 0.3 is 145 Å². The van der Waals surface area contributed by atoms with E-state index in [-0.39, 0.29) is 17.1 Å². The number of benzene rings is 1. The maximum atomic E-state index is 5.81. The second-order valence-electron chi connectivity index (χ2n) is 6.24. The predicted octanol–water partition coefficient (Wildman–Crippen LogP) is 3.22. The Morgan fingerprint density at radius 1 is 0.962 bits per heavy atom. The Balaban J connectivity index is 0.000000351. The van der Waals surface area contributed by atoms with E-state index in [1.807, 2.05) is 32.1 Å². The second-order valence-corrected chi connectivity index (χ2v) is 8.58. The Hall–Kier alpha value is -0.271. The number of nitrogens with zero attached hydrogens (tertiary/aromatic N) is 1. The van der Waals surface area contributed by atoms with Gasteiger partial charge in [0.15, 0.2) is 0 Å². The molecule has 1 atom stereocenters. The maximum absolute atomic E-state index is 5.81. The molecule has 3 aliphatic rings. The summed E-state index contributed by atoms with van der Waals surface area (Å²) in [6.45, 7) is 5.11. The number of rotatable bonds is 4. The molecule has 0 N–H and O–H groups in total. The van der Waals surface area contributed by atoms with Crippen molar-refractivity contribution in [2.24, 2.45) is 10.9 Å². The Morgan fingerprint density at radius 2 is 1.62 bits per heavy atom. The van der Waals surface area contributed by atoms with E-state index in [2.05, 4.69) is 63.4 Å². The molecular weight excluding hydrogens is 429 g/mol. The van der Waals surface area contributed by atoms with Gasteiger partial charge in [0.1, 0.15) is 0 Å². The van der Waals surface area contributed by atoms with E-state index in [4.69, 9.17) is 9.73 Å². The molecule has 2 saturated carbocycles. The Labute approximate surface area is 176 Å². The summed E-state index contributed by atoms with van der Waals surface area (Å²) in [7, 11) is 0. The second kappa shape index (κ2) is 11.5. The fourth-order valence-electron chi connectivity index (χ4n) is 2.48. The first-order valence-corrected chi connectivity index (χ1v) is 10.3. The van der Waals surface area contributed by atoms with Crippen molar-refractivity contribution in [2.45, 2.75) is 19.9 Å². The quantitative estimate of drug-likeness (QED) is 0.644.